The van der Waals surface area contributed by atoms with Gasteiger partial charge in [-0.05, 0) is 61.9 Å². The van der Waals surface area contributed by atoms with Crippen LogP contribution in [0, 0.1) is 19.7 Å². The minimum absolute atomic E-state index is 0.232. The van der Waals surface area contributed by atoms with Gasteiger partial charge in [0.1, 0.15) is 5.82 Å². The van der Waals surface area contributed by atoms with Crippen molar-refractivity contribution in [2.24, 2.45) is 5.10 Å². The van der Waals surface area contributed by atoms with E-state index in [1.165, 1.54) is 12.1 Å². The Bertz CT molecular complexity index is 1220. The van der Waals surface area contributed by atoms with E-state index in [0.717, 1.165) is 27.1 Å². The van der Waals surface area contributed by atoms with Crippen molar-refractivity contribution in [2.45, 2.75) is 13.8 Å². The third-order valence-corrected chi connectivity index (χ3v) is 4.70. The Morgan fingerprint density at radius 1 is 0.968 bits per heavy atom. The van der Waals surface area contributed by atoms with Gasteiger partial charge < -0.3 is 5.32 Å². The van der Waals surface area contributed by atoms with Crippen molar-refractivity contribution in [3.8, 4) is 5.95 Å². The molecule has 0 bridgehead atoms. The van der Waals surface area contributed by atoms with E-state index < -0.39 is 0 Å². The summed E-state index contributed by atoms with van der Waals surface area (Å²) >= 11 is 3.42. The summed E-state index contributed by atoms with van der Waals surface area (Å²) in [6.07, 6.45) is 1.55. The molecular formula is C21H18BrFN8. The summed E-state index contributed by atoms with van der Waals surface area (Å²) in [5.41, 5.74) is 6.09. The van der Waals surface area contributed by atoms with Crippen molar-refractivity contribution in [3.05, 3.63) is 81.8 Å². The average molecular weight is 481 g/mol. The number of hydrogen-bond acceptors (Lipinski definition) is 7. The largest absolute Gasteiger partial charge is 0.324 e. The molecule has 2 aromatic heterocycles. The summed E-state index contributed by atoms with van der Waals surface area (Å²) in [7, 11) is 0. The van der Waals surface area contributed by atoms with Crippen molar-refractivity contribution < 1.29 is 4.39 Å². The van der Waals surface area contributed by atoms with Gasteiger partial charge in [0.05, 0.1) is 11.9 Å². The van der Waals surface area contributed by atoms with E-state index in [9.17, 15) is 4.39 Å². The molecule has 0 fully saturated rings. The van der Waals surface area contributed by atoms with Crippen LogP contribution in [0.1, 0.15) is 17.0 Å². The Morgan fingerprint density at radius 3 is 2.35 bits per heavy atom. The molecule has 0 amide bonds. The lowest BCUT2D eigenvalue weighted by atomic mass is 10.2. The number of aryl methyl sites for hydroxylation is 2. The molecule has 0 aliphatic rings. The van der Waals surface area contributed by atoms with E-state index in [0.29, 0.717) is 11.9 Å². The molecule has 0 spiro atoms. The molecule has 0 unspecified atom stereocenters. The lowest BCUT2D eigenvalue weighted by Crippen LogP contribution is -2.11. The highest BCUT2D eigenvalue weighted by Gasteiger charge is 2.12. The van der Waals surface area contributed by atoms with Gasteiger partial charge in [0.25, 0.3) is 5.95 Å². The van der Waals surface area contributed by atoms with E-state index in [1.54, 1.807) is 23.0 Å². The average Bonchev–Trinajstić information content (AvgIpc) is 3.09. The van der Waals surface area contributed by atoms with Gasteiger partial charge in [0, 0.05) is 15.9 Å². The number of benzene rings is 2. The van der Waals surface area contributed by atoms with Gasteiger partial charge in [0.2, 0.25) is 11.9 Å². The Balaban J connectivity index is 1.64. The second-order valence-corrected chi connectivity index (χ2v) is 7.59. The van der Waals surface area contributed by atoms with Crippen LogP contribution in [0.5, 0.6) is 0 Å². The summed E-state index contributed by atoms with van der Waals surface area (Å²) in [5, 5.41) is 11.8. The Kier molecular flexibility index (Phi) is 5.99. The zero-order valence-corrected chi connectivity index (χ0v) is 18.3. The molecule has 0 saturated heterocycles. The van der Waals surface area contributed by atoms with Crippen molar-refractivity contribution in [3.63, 3.8) is 0 Å². The lowest BCUT2D eigenvalue weighted by molar-refractivity contribution is 0.628. The Hall–Kier alpha value is -3.66. The fraction of sp³-hybridized carbons (Fsp3) is 0.0952. The van der Waals surface area contributed by atoms with E-state index in [-0.39, 0.29) is 11.8 Å². The number of hydrogen-bond donors (Lipinski definition) is 2. The lowest BCUT2D eigenvalue weighted by Gasteiger charge is -2.09. The van der Waals surface area contributed by atoms with Crippen LogP contribution in [0.4, 0.5) is 22.0 Å². The zero-order chi connectivity index (χ0) is 21.8. The summed E-state index contributed by atoms with van der Waals surface area (Å²) < 4.78 is 15.7. The molecule has 0 atom stereocenters. The fourth-order valence-corrected chi connectivity index (χ4v) is 3.04. The maximum Gasteiger partial charge on any atom is 0.257 e. The number of nitrogens with zero attached hydrogens (tertiary/aromatic N) is 6. The van der Waals surface area contributed by atoms with Crippen LogP contribution < -0.4 is 10.7 Å². The quantitative estimate of drug-likeness (QED) is 0.305. The van der Waals surface area contributed by atoms with Crippen LogP contribution >= 0.6 is 15.9 Å². The zero-order valence-electron chi connectivity index (χ0n) is 16.7. The molecule has 10 heteroatoms. The van der Waals surface area contributed by atoms with Gasteiger partial charge in [-0.2, -0.15) is 25.2 Å². The van der Waals surface area contributed by atoms with Crippen molar-refractivity contribution in [1.29, 1.82) is 0 Å². The molecule has 0 radical (unpaired) electrons. The Morgan fingerprint density at radius 2 is 1.68 bits per heavy atom. The number of halogens is 2. The van der Waals surface area contributed by atoms with Crippen LogP contribution in [-0.4, -0.2) is 30.9 Å². The van der Waals surface area contributed by atoms with Gasteiger partial charge in [0.15, 0.2) is 0 Å². The molecule has 4 rings (SSSR count). The third-order valence-electron chi connectivity index (χ3n) is 4.17. The van der Waals surface area contributed by atoms with Crippen molar-refractivity contribution in [2.75, 3.05) is 10.7 Å². The molecule has 4 aromatic rings. The minimum Gasteiger partial charge on any atom is -0.324 e. The normalized spacial score (nSPS) is 11.1. The van der Waals surface area contributed by atoms with Gasteiger partial charge in [-0.3, -0.25) is 0 Å². The van der Waals surface area contributed by atoms with Gasteiger partial charge in [-0.25, -0.2) is 14.5 Å². The summed E-state index contributed by atoms with van der Waals surface area (Å²) in [5.74, 6) is 0.607. The molecule has 0 aliphatic carbocycles. The number of aromatic nitrogens is 5. The fourth-order valence-electron chi connectivity index (χ4n) is 2.77. The SMILES string of the molecule is Cc1cc(C)n(-c2nc(N/N=C/c3ccc(F)cc3)nc(Nc3ccc(Br)cc3)n2)n1. The predicted octanol–water partition coefficient (Wildman–Crippen LogP) is 4.77. The summed E-state index contributed by atoms with van der Waals surface area (Å²) in [4.78, 5) is 13.3. The molecule has 8 nitrogen and oxygen atoms in total. The first kappa shape index (κ1) is 20.6. The molecule has 2 N–H and O–H groups in total. The molecule has 2 heterocycles. The molecule has 2 aromatic carbocycles. The molecule has 31 heavy (non-hydrogen) atoms. The summed E-state index contributed by atoms with van der Waals surface area (Å²) in [6.45, 7) is 3.82. The highest BCUT2D eigenvalue weighted by atomic mass is 79.9. The van der Waals surface area contributed by atoms with E-state index >= 15 is 0 Å². The van der Waals surface area contributed by atoms with Crippen molar-refractivity contribution >= 4 is 39.7 Å². The molecule has 0 aliphatic heterocycles. The van der Waals surface area contributed by atoms with Gasteiger partial charge in [-0.1, -0.05) is 28.1 Å². The molecular weight excluding hydrogens is 463 g/mol. The topological polar surface area (TPSA) is 92.9 Å². The monoisotopic (exact) mass is 480 g/mol. The van der Waals surface area contributed by atoms with Gasteiger partial charge in [-0.15, -0.1) is 0 Å². The second-order valence-electron chi connectivity index (χ2n) is 6.67. The van der Waals surface area contributed by atoms with Crippen molar-refractivity contribution in [1.82, 2.24) is 24.7 Å². The number of anilines is 3. The maximum atomic E-state index is 13.1. The van der Waals surface area contributed by atoms with Crippen LogP contribution in [0.15, 0.2) is 64.2 Å². The van der Waals surface area contributed by atoms with E-state index in [1.807, 2.05) is 44.2 Å². The molecule has 156 valence electrons. The summed E-state index contributed by atoms with van der Waals surface area (Å²) in [6, 6.07) is 15.5. The van der Waals surface area contributed by atoms with E-state index in [4.69, 9.17) is 0 Å². The standard InChI is InChI=1S/C21H18BrFN8/c1-13-11-14(2)31(30-13)21-27-19(25-18-9-5-16(22)6-10-18)26-20(28-21)29-24-12-15-3-7-17(23)8-4-15/h3-12H,1-2H3,(H2,25,26,27,28,29)/b24-12+. The Labute approximate surface area is 186 Å². The third kappa shape index (κ3) is 5.28. The number of nitrogens with one attached hydrogen (secondary N) is 2. The second kappa shape index (κ2) is 9.00. The predicted molar refractivity (Wildman–Crippen MR) is 121 cm³/mol. The van der Waals surface area contributed by atoms with Crippen LogP contribution in [0.25, 0.3) is 5.95 Å². The highest BCUT2D eigenvalue weighted by Crippen LogP contribution is 2.19. The first-order valence-electron chi connectivity index (χ1n) is 9.33. The van der Waals surface area contributed by atoms with Crippen LogP contribution in [-0.2, 0) is 0 Å². The molecule has 0 saturated carbocycles. The maximum absolute atomic E-state index is 13.1. The minimum atomic E-state index is -0.305. The highest BCUT2D eigenvalue weighted by molar-refractivity contribution is 9.10. The smallest absolute Gasteiger partial charge is 0.257 e. The number of hydrazone groups is 1. The van der Waals surface area contributed by atoms with Gasteiger partial charge >= 0.3 is 0 Å². The van der Waals surface area contributed by atoms with E-state index in [2.05, 4.69) is 51.8 Å². The van der Waals surface area contributed by atoms with Crippen LogP contribution in [0.2, 0.25) is 0 Å². The van der Waals surface area contributed by atoms with Crippen LogP contribution in [0.3, 0.4) is 0 Å². The number of rotatable bonds is 6. The first-order chi connectivity index (χ1) is 15.0. The first-order valence-corrected chi connectivity index (χ1v) is 10.1.